The van der Waals surface area contributed by atoms with Gasteiger partial charge in [0.25, 0.3) is 5.91 Å². The molecule has 0 saturated heterocycles. The molecule has 0 bridgehead atoms. The van der Waals surface area contributed by atoms with E-state index in [-0.39, 0.29) is 12.2 Å². The maximum Gasteiger partial charge on any atom is 0.305 e. The second kappa shape index (κ2) is 7.87. The van der Waals surface area contributed by atoms with Gasteiger partial charge in [0.15, 0.2) is 21.9 Å². The third kappa shape index (κ3) is 4.29. The van der Waals surface area contributed by atoms with Crippen LogP contribution in [0.5, 0.6) is 11.5 Å². The van der Waals surface area contributed by atoms with E-state index in [0.717, 1.165) is 0 Å². The zero-order valence-corrected chi connectivity index (χ0v) is 14.6. The Morgan fingerprint density at radius 2 is 1.92 bits per heavy atom. The van der Waals surface area contributed by atoms with Crippen LogP contribution in [0.4, 0.5) is 0 Å². The molecular weight excluding hydrogens is 382 g/mol. The van der Waals surface area contributed by atoms with Crippen LogP contribution < -0.4 is 14.8 Å². The molecule has 7 nitrogen and oxygen atoms in total. The molecule has 1 aromatic heterocycles. The summed E-state index contributed by atoms with van der Waals surface area (Å²) in [5.74, 6) is -0.521. The van der Waals surface area contributed by atoms with Crippen LogP contribution >= 0.6 is 15.9 Å². The number of hydrogen-bond donors (Lipinski definition) is 2. The number of furan rings is 1. The minimum Gasteiger partial charge on any atom is -0.493 e. The first-order chi connectivity index (χ1) is 11.4. The first-order valence-corrected chi connectivity index (χ1v) is 7.73. The minimum absolute atomic E-state index is 0.0812. The Kier molecular flexibility index (Phi) is 5.86. The van der Waals surface area contributed by atoms with Gasteiger partial charge in [-0.3, -0.25) is 9.59 Å². The highest BCUT2D eigenvalue weighted by molar-refractivity contribution is 9.10. The molecule has 8 heteroatoms. The van der Waals surface area contributed by atoms with Gasteiger partial charge in [-0.15, -0.1) is 0 Å². The topological polar surface area (TPSA) is 98.0 Å². The molecule has 0 saturated carbocycles. The first-order valence-electron chi connectivity index (χ1n) is 6.94. The zero-order chi connectivity index (χ0) is 17.7. The Bertz CT molecular complexity index is 742. The molecule has 1 unspecified atom stereocenters. The smallest absolute Gasteiger partial charge is 0.305 e. The number of aliphatic carboxylic acids is 1. The second-order valence-electron chi connectivity index (χ2n) is 4.84. The average Bonchev–Trinajstić information content (AvgIpc) is 2.99. The third-order valence-electron chi connectivity index (χ3n) is 3.29. The molecule has 2 rings (SSSR count). The van der Waals surface area contributed by atoms with Crippen molar-refractivity contribution in [2.45, 2.75) is 12.5 Å². The van der Waals surface area contributed by atoms with E-state index >= 15 is 0 Å². The molecule has 0 aliphatic heterocycles. The molecular formula is C16H16BrNO6. The Balaban J connectivity index is 2.28. The molecule has 128 valence electrons. The van der Waals surface area contributed by atoms with Crippen LogP contribution in [0.25, 0.3) is 0 Å². The number of carboxylic acids is 1. The predicted molar refractivity (Wildman–Crippen MR) is 88.4 cm³/mol. The average molecular weight is 398 g/mol. The van der Waals surface area contributed by atoms with E-state index in [1.807, 2.05) is 0 Å². The van der Waals surface area contributed by atoms with Crippen LogP contribution in [0.1, 0.15) is 28.6 Å². The van der Waals surface area contributed by atoms with Crippen LogP contribution in [-0.4, -0.2) is 31.2 Å². The predicted octanol–water partition coefficient (Wildman–Crippen LogP) is 3.01. The van der Waals surface area contributed by atoms with E-state index in [1.54, 1.807) is 24.3 Å². The lowest BCUT2D eigenvalue weighted by Crippen LogP contribution is -2.30. The number of amides is 1. The van der Waals surface area contributed by atoms with Gasteiger partial charge in [-0.25, -0.2) is 0 Å². The molecule has 2 N–H and O–H groups in total. The quantitative estimate of drug-likeness (QED) is 0.744. The van der Waals surface area contributed by atoms with E-state index < -0.39 is 17.9 Å². The van der Waals surface area contributed by atoms with Crippen molar-refractivity contribution in [2.75, 3.05) is 14.2 Å². The number of carbonyl (C=O) groups is 2. The monoisotopic (exact) mass is 397 g/mol. The van der Waals surface area contributed by atoms with Gasteiger partial charge in [0.1, 0.15) is 0 Å². The molecule has 24 heavy (non-hydrogen) atoms. The molecule has 1 heterocycles. The van der Waals surface area contributed by atoms with Crippen LogP contribution in [0.2, 0.25) is 0 Å². The maximum absolute atomic E-state index is 12.2. The number of rotatable bonds is 7. The van der Waals surface area contributed by atoms with E-state index in [1.165, 1.54) is 20.3 Å². The van der Waals surface area contributed by atoms with E-state index in [9.17, 15) is 9.59 Å². The number of methoxy groups -OCH3 is 2. The Hall–Kier alpha value is -2.48. The zero-order valence-electron chi connectivity index (χ0n) is 13.0. The first kappa shape index (κ1) is 17.9. The van der Waals surface area contributed by atoms with E-state index in [2.05, 4.69) is 21.2 Å². The van der Waals surface area contributed by atoms with Gasteiger partial charge in [0.2, 0.25) is 0 Å². The molecule has 0 aliphatic carbocycles. The lowest BCUT2D eigenvalue weighted by molar-refractivity contribution is -0.137. The standard InChI is InChI=1S/C16H16BrNO6/c1-22-11-4-3-9(7-13(11)23-2)10(8-15(19)20)18-16(21)12-5-6-14(17)24-12/h3-7,10H,8H2,1-2H3,(H,18,21)(H,19,20). The maximum atomic E-state index is 12.2. The molecule has 0 spiro atoms. The van der Waals surface area contributed by atoms with Gasteiger partial charge < -0.3 is 24.3 Å². The Morgan fingerprint density at radius 3 is 2.46 bits per heavy atom. The van der Waals surface area contributed by atoms with Crippen molar-refractivity contribution in [2.24, 2.45) is 0 Å². The van der Waals surface area contributed by atoms with Crippen LogP contribution in [0.15, 0.2) is 39.4 Å². The van der Waals surface area contributed by atoms with E-state index in [0.29, 0.717) is 21.7 Å². The summed E-state index contributed by atoms with van der Waals surface area (Å²) in [5.41, 5.74) is 0.578. The number of hydrogen-bond acceptors (Lipinski definition) is 5. The van der Waals surface area contributed by atoms with E-state index in [4.69, 9.17) is 19.0 Å². The molecule has 0 fully saturated rings. The van der Waals surface area contributed by atoms with Gasteiger partial charge in [0.05, 0.1) is 26.7 Å². The lowest BCUT2D eigenvalue weighted by Gasteiger charge is -2.18. The number of nitrogens with one attached hydrogen (secondary N) is 1. The fourth-order valence-electron chi connectivity index (χ4n) is 2.16. The van der Waals surface area contributed by atoms with Gasteiger partial charge >= 0.3 is 5.97 Å². The highest BCUT2D eigenvalue weighted by Gasteiger charge is 2.22. The van der Waals surface area contributed by atoms with Crippen LogP contribution in [-0.2, 0) is 4.79 Å². The molecule has 0 radical (unpaired) electrons. The number of benzene rings is 1. The molecule has 0 aliphatic rings. The summed E-state index contributed by atoms with van der Waals surface area (Å²) in [6.45, 7) is 0. The molecule has 2 aromatic rings. The van der Waals surface area contributed by atoms with Gasteiger partial charge in [0, 0.05) is 0 Å². The number of ether oxygens (including phenoxy) is 2. The lowest BCUT2D eigenvalue weighted by atomic mass is 10.0. The van der Waals surface area contributed by atoms with Gasteiger partial charge in [-0.2, -0.15) is 0 Å². The minimum atomic E-state index is -1.05. The van der Waals surface area contributed by atoms with Crippen molar-refractivity contribution >= 4 is 27.8 Å². The van der Waals surface area contributed by atoms with Crippen molar-refractivity contribution < 1.29 is 28.6 Å². The van der Waals surface area contributed by atoms with Gasteiger partial charge in [-0.05, 0) is 45.8 Å². The van der Waals surface area contributed by atoms with Crippen molar-refractivity contribution in [1.29, 1.82) is 0 Å². The van der Waals surface area contributed by atoms with Crippen molar-refractivity contribution in [1.82, 2.24) is 5.32 Å². The second-order valence-corrected chi connectivity index (χ2v) is 5.62. The summed E-state index contributed by atoms with van der Waals surface area (Å²) in [6, 6.07) is 7.28. The number of halogens is 1. The Morgan fingerprint density at radius 1 is 1.21 bits per heavy atom. The summed E-state index contributed by atoms with van der Waals surface area (Å²) < 4.78 is 16.0. The molecule has 1 aromatic carbocycles. The third-order valence-corrected chi connectivity index (χ3v) is 3.72. The normalized spacial score (nSPS) is 11.6. The number of carboxylic acid groups (broad SMARTS) is 1. The Labute approximate surface area is 146 Å². The fourth-order valence-corrected chi connectivity index (χ4v) is 2.47. The summed E-state index contributed by atoms with van der Waals surface area (Å²) in [4.78, 5) is 23.4. The number of carbonyl (C=O) groups excluding carboxylic acids is 1. The van der Waals surface area contributed by atoms with Crippen LogP contribution in [0, 0.1) is 0 Å². The fraction of sp³-hybridized carbons (Fsp3) is 0.250. The summed E-state index contributed by atoms with van der Waals surface area (Å²) in [6.07, 6.45) is -0.289. The highest BCUT2D eigenvalue weighted by Crippen LogP contribution is 2.31. The summed E-state index contributed by atoms with van der Waals surface area (Å²) >= 11 is 3.12. The van der Waals surface area contributed by atoms with Gasteiger partial charge in [-0.1, -0.05) is 6.07 Å². The SMILES string of the molecule is COc1ccc(C(CC(=O)O)NC(=O)c2ccc(Br)o2)cc1OC. The van der Waals surface area contributed by atoms with Crippen molar-refractivity contribution in [3.8, 4) is 11.5 Å². The summed E-state index contributed by atoms with van der Waals surface area (Å²) in [5, 5.41) is 11.8. The highest BCUT2D eigenvalue weighted by atomic mass is 79.9. The molecule has 1 atom stereocenters. The summed E-state index contributed by atoms with van der Waals surface area (Å²) in [7, 11) is 2.98. The molecule has 1 amide bonds. The van der Waals surface area contributed by atoms with Crippen molar-refractivity contribution in [3.05, 3.63) is 46.3 Å². The van der Waals surface area contributed by atoms with Crippen LogP contribution in [0.3, 0.4) is 0 Å². The van der Waals surface area contributed by atoms with Crippen molar-refractivity contribution in [3.63, 3.8) is 0 Å². The largest absolute Gasteiger partial charge is 0.493 e.